The molecule has 1 fully saturated rings. The van der Waals surface area contributed by atoms with Crippen LogP contribution in [0.4, 0.5) is 23.7 Å². The molecule has 6 N–H and O–H groups in total. The van der Waals surface area contributed by atoms with E-state index in [0.717, 1.165) is 0 Å². The number of amides is 2. The number of carbonyl (C=O) groups is 4. The van der Waals surface area contributed by atoms with E-state index in [-0.39, 0.29) is 22.3 Å². The Morgan fingerprint density at radius 1 is 1.02 bits per heavy atom. The highest BCUT2D eigenvalue weighted by Gasteiger charge is 2.49. The number of fused-ring (bicyclic) bond motifs is 3. The smallest absolute Gasteiger partial charge is 0.471 e. The lowest BCUT2D eigenvalue weighted by atomic mass is 9.73. The van der Waals surface area contributed by atoms with E-state index in [0.29, 0.717) is 10.7 Å². The zero-order valence-corrected chi connectivity index (χ0v) is 27.2. The minimum atomic E-state index is -5.26. The van der Waals surface area contributed by atoms with Gasteiger partial charge in [-0.05, 0) is 31.2 Å². The molecule has 1 saturated heterocycles. The zero-order valence-electron chi connectivity index (χ0n) is 26.5. The molecular formula is C34H30ClF3N2O11. The number of phenolic OH excluding ortho intramolecular Hbond substituents is 2. The maximum absolute atomic E-state index is 13.6. The van der Waals surface area contributed by atoms with Crippen LogP contribution >= 0.6 is 11.6 Å². The molecule has 2 aliphatic carbocycles. The average Bonchev–Trinajstić information content (AvgIpc) is 3.07. The first-order chi connectivity index (χ1) is 24.0. The number of halogens is 4. The van der Waals surface area contributed by atoms with Gasteiger partial charge >= 0.3 is 18.2 Å². The van der Waals surface area contributed by atoms with Crippen molar-refractivity contribution in [1.82, 2.24) is 5.32 Å². The predicted octanol–water partition coefficient (Wildman–Crippen LogP) is 4.05. The van der Waals surface area contributed by atoms with Crippen molar-refractivity contribution >= 4 is 40.9 Å². The summed E-state index contributed by atoms with van der Waals surface area (Å²) in [4.78, 5) is 51.6. The summed E-state index contributed by atoms with van der Waals surface area (Å²) < 4.78 is 56.2. The van der Waals surface area contributed by atoms with Crippen LogP contribution in [0.1, 0.15) is 68.8 Å². The molecule has 3 aromatic carbocycles. The Morgan fingerprint density at radius 2 is 1.63 bits per heavy atom. The van der Waals surface area contributed by atoms with Gasteiger partial charge in [-0.3, -0.25) is 19.7 Å². The molecule has 0 aromatic heterocycles. The van der Waals surface area contributed by atoms with Crippen LogP contribution < -0.4 is 10.6 Å². The quantitative estimate of drug-likeness (QED) is 0.156. The number of aliphatic hydroxyl groups excluding tert-OH is 1. The summed E-state index contributed by atoms with van der Waals surface area (Å²) in [6, 6.07) is 10.2. The van der Waals surface area contributed by atoms with Gasteiger partial charge in [0, 0.05) is 52.2 Å². The van der Waals surface area contributed by atoms with Crippen molar-refractivity contribution in [2.75, 3.05) is 11.9 Å². The normalized spacial score (nSPS) is 25.7. The third kappa shape index (κ3) is 6.97. The van der Waals surface area contributed by atoms with Crippen molar-refractivity contribution in [3.63, 3.8) is 0 Å². The lowest BCUT2D eigenvalue weighted by Gasteiger charge is -2.43. The largest absolute Gasteiger partial charge is 0.507 e. The van der Waals surface area contributed by atoms with Gasteiger partial charge in [-0.1, -0.05) is 35.9 Å². The van der Waals surface area contributed by atoms with E-state index >= 15 is 0 Å². The minimum Gasteiger partial charge on any atom is -0.507 e. The monoisotopic (exact) mass is 734 g/mol. The Labute approximate surface area is 291 Å². The number of carbonyl (C=O) groups excluding carboxylic acids is 4. The van der Waals surface area contributed by atoms with Crippen molar-refractivity contribution in [1.29, 1.82) is 0 Å². The van der Waals surface area contributed by atoms with Crippen molar-refractivity contribution in [2.24, 2.45) is 0 Å². The number of phenols is 2. The van der Waals surface area contributed by atoms with E-state index in [4.69, 9.17) is 25.8 Å². The molecule has 270 valence electrons. The van der Waals surface area contributed by atoms with Crippen molar-refractivity contribution in [3.8, 4) is 11.5 Å². The van der Waals surface area contributed by atoms with Crippen LogP contribution in [-0.4, -0.2) is 86.9 Å². The summed E-state index contributed by atoms with van der Waals surface area (Å²) in [6.45, 7) is 0.580. The molecule has 1 unspecified atom stereocenters. The number of alkyl halides is 3. The molecule has 2 amide bonds. The second-order valence-electron chi connectivity index (χ2n) is 12.6. The van der Waals surface area contributed by atoms with Gasteiger partial charge in [0.1, 0.15) is 29.8 Å². The summed E-state index contributed by atoms with van der Waals surface area (Å²) in [7, 11) is 0. The van der Waals surface area contributed by atoms with Gasteiger partial charge in [0.05, 0.1) is 29.4 Å². The van der Waals surface area contributed by atoms with E-state index in [2.05, 4.69) is 5.32 Å². The lowest BCUT2D eigenvalue weighted by molar-refractivity contribution is -0.252. The van der Waals surface area contributed by atoms with Crippen LogP contribution in [0.3, 0.4) is 0 Å². The molecule has 0 spiro atoms. The van der Waals surface area contributed by atoms with Crippen LogP contribution in [-0.2, 0) is 25.4 Å². The number of aromatic hydroxyl groups is 2. The van der Waals surface area contributed by atoms with E-state index in [1.54, 1.807) is 5.32 Å². The van der Waals surface area contributed by atoms with Gasteiger partial charge in [0.25, 0.3) is 0 Å². The molecule has 1 aliphatic heterocycles. The standard InChI is InChI=1S/C34H30ClF3N2O11/c1-14-26(41)20(40-31(46)34(36,37)38)10-22(50-14)51-21-12-33(48,13-49-32(47)39-16-8-6-15(35)7-9-16)11-19-23(21)30(45)25-24(29(19)44)27(42)17-4-2-3-5-18(17)28(25)43/h2-9,14,20-22,26,41,44-45,48H,10-13H2,1H3,(H,39,47)(H,40,46)/t14-,20+,21+,22+,26+,33?/m1/s1. The van der Waals surface area contributed by atoms with E-state index in [9.17, 15) is 52.8 Å². The molecule has 0 saturated carbocycles. The van der Waals surface area contributed by atoms with Gasteiger partial charge < -0.3 is 40.0 Å². The fourth-order valence-corrected chi connectivity index (χ4v) is 6.71. The van der Waals surface area contributed by atoms with Crippen LogP contribution in [0.15, 0.2) is 48.5 Å². The number of anilines is 1. The molecular weight excluding hydrogens is 705 g/mol. The predicted molar refractivity (Wildman–Crippen MR) is 170 cm³/mol. The number of hydrogen-bond acceptors (Lipinski definition) is 11. The summed E-state index contributed by atoms with van der Waals surface area (Å²) in [5.74, 6) is -5.42. The number of aliphatic hydroxyl groups is 2. The van der Waals surface area contributed by atoms with Crippen LogP contribution in [0, 0.1) is 0 Å². The SMILES string of the molecule is C[C@H]1O[C@@H](O[C@H]2CC(O)(COC(=O)Nc3ccc(Cl)cc3)Cc3c(O)c4c(c(O)c32)C(=O)c2ccccc2C4=O)C[C@H](NC(=O)C(F)(F)F)[C@H]1O. The summed E-state index contributed by atoms with van der Waals surface area (Å²) in [5.41, 5.74) is -3.38. The van der Waals surface area contributed by atoms with Crippen molar-refractivity contribution in [3.05, 3.63) is 86.9 Å². The number of nitrogens with one attached hydrogen (secondary N) is 2. The fraction of sp³-hybridized carbons (Fsp3) is 0.353. The maximum atomic E-state index is 13.6. The third-order valence-electron chi connectivity index (χ3n) is 9.01. The molecule has 3 aromatic rings. The molecule has 13 nitrogen and oxygen atoms in total. The zero-order chi connectivity index (χ0) is 37.0. The maximum Gasteiger partial charge on any atom is 0.471 e. The minimum absolute atomic E-state index is 0.0409. The highest BCUT2D eigenvalue weighted by Crippen LogP contribution is 2.52. The number of rotatable bonds is 6. The van der Waals surface area contributed by atoms with Gasteiger partial charge in [-0.2, -0.15) is 13.2 Å². The fourth-order valence-electron chi connectivity index (χ4n) is 6.59. The first-order valence-electron chi connectivity index (χ1n) is 15.5. The molecule has 6 rings (SSSR count). The van der Waals surface area contributed by atoms with Crippen molar-refractivity contribution < 1.29 is 67.0 Å². The Balaban J connectivity index is 1.35. The Bertz CT molecular complexity index is 1920. The molecule has 0 bridgehead atoms. The molecule has 51 heavy (non-hydrogen) atoms. The van der Waals surface area contributed by atoms with Gasteiger partial charge in [0.15, 0.2) is 17.9 Å². The highest BCUT2D eigenvalue weighted by molar-refractivity contribution is 6.31. The summed E-state index contributed by atoms with van der Waals surface area (Å²) in [5, 5.41) is 50.1. The van der Waals surface area contributed by atoms with E-state index in [1.165, 1.54) is 55.5 Å². The topological polar surface area (TPSA) is 201 Å². The lowest BCUT2D eigenvalue weighted by Crippen LogP contribution is -2.57. The number of ketones is 2. The summed E-state index contributed by atoms with van der Waals surface area (Å²) >= 11 is 5.88. The van der Waals surface area contributed by atoms with Gasteiger partial charge in [0.2, 0.25) is 0 Å². The van der Waals surface area contributed by atoms with Crippen LogP contribution in [0.25, 0.3) is 0 Å². The number of benzene rings is 3. The average molecular weight is 735 g/mol. The van der Waals surface area contributed by atoms with Crippen LogP contribution in [0.5, 0.6) is 11.5 Å². The van der Waals surface area contributed by atoms with E-state index < -0.39 is 114 Å². The van der Waals surface area contributed by atoms with Crippen LogP contribution in [0.2, 0.25) is 5.02 Å². The van der Waals surface area contributed by atoms with E-state index in [1.807, 2.05) is 0 Å². The molecule has 0 radical (unpaired) electrons. The molecule has 6 atom stereocenters. The Hall–Kier alpha value is -4.74. The molecule has 3 aliphatic rings. The third-order valence-corrected chi connectivity index (χ3v) is 9.26. The summed E-state index contributed by atoms with van der Waals surface area (Å²) in [6.07, 6.45) is -13.6. The highest BCUT2D eigenvalue weighted by atomic mass is 35.5. The Morgan fingerprint density at radius 3 is 2.24 bits per heavy atom. The second-order valence-corrected chi connectivity index (χ2v) is 13.0. The second kappa shape index (κ2) is 13.4. The molecule has 17 heteroatoms. The number of hydrogen-bond donors (Lipinski definition) is 6. The van der Waals surface area contributed by atoms with Gasteiger partial charge in [-0.25, -0.2) is 4.79 Å². The first-order valence-corrected chi connectivity index (χ1v) is 15.9. The first kappa shape index (κ1) is 36.1. The number of ether oxygens (including phenoxy) is 3. The molecule has 1 heterocycles. The van der Waals surface area contributed by atoms with Gasteiger partial charge in [-0.15, -0.1) is 0 Å². The Kier molecular flexibility index (Phi) is 9.49. The van der Waals surface area contributed by atoms with Crippen molar-refractivity contribution in [2.45, 2.75) is 68.6 Å².